The van der Waals surface area contributed by atoms with E-state index in [0.29, 0.717) is 6.61 Å². The van der Waals surface area contributed by atoms with Crippen molar-refractivity contribution in [2.24, 2.45) is 4.99 Å². The number of benzene rings is 1. The van der Waals surface area contributed by atoms with Crippen molar-refractivity contribution in [1.29, 1.82) is 0 Å². The summed E-state index contributed by atoms with van der Waals surface area (Å²) in [6.45, 7) is 11.5. The number of hydrogen-bond donors (Lipinski definition) is 2. The molecule has 5 nitrogen and oxygen atoms in total. The van der Waals surface area contributed by atoms with Crippen LogP contribution in [0.2, 0.25) is 0 Å². The Balaban J connectivity index is 2.14. The zero-order valence-corrected chi connectivity index (χ0v) is 16.3. The van der Waals surface area contributed by atoms with Gasteiger partial charge in [0, 0.05) is 37.8 Å². The molecular weight excluding hydrogens is 314 g/mol. The molecule has 25 heavy (non-hydrogen) atoms. The molecule has 0 amide bonds. The molecule has 1 heterocycles. The molecule has 0 radical (unpaired) electrons. The highest BCUT2D eigenvalue weighted by Gasteiger charge is 2.34. The third kappa shape index (κ3) is 5.63. The third-order valence-corrected chi connectivity index (χ3v) is 4.54. The van der Waals surface area contributed by atoms with Gasteiger partial charge < -0.3 is 20.1 Å². The van der Waals surface area contributed by atoms with E-state index in [0.717, 1.165) is 44.3 Å². The van der Waals surface area contributed by atoms with E-state index in [1.54, 1.807) is 0 Å². The highest BCUT2D eigenvalue weighted by atomic mass is 16.5. The molecule has 0 atom stereocenters. The van der Waals surface area contributed by atoms with Crippen LogP contribution in [-0.2, 0) is 10.2 Å². The molecule has 0 saturated carbocycles. The van der Waals surface area contributed by atoms with Gasteiger partial charge in [-0.2, -0.15) is 0 Å². The highest BCUT2D eigenvalue weighted by molar-refractivity contribution is 5.80. The van der Waals surface area contributed by atoms with Gasteiger partial charge in [0.05, 0.1) is 6.61 Å². The zero-order valence-electron chi connectivity index (χ0n) is 16.3. The van der Waals surface area contributed by atoms with Crippen LogP contribution in [0.3, 0.4) is 0 Å². The summed E-state index contributed by atoms with van der Waals surface area (Å²) in [6, 6.07) is 8.52. The smallest absolute Gasteiger partial charge is 0.191 e. The molecule has 1 aliphatic rings. The minimum Gasteiger partial charge on any atom is -0.494 e. The molecule has 1 aromatic carbocycles. The van der Waals surface area contributed by atoms with Crippen LogP contribution in [0.5, 0.6) is 5.75 Å². The number of nitrogens with zero attached hydrogens (tertiary/aromatic N) is 1. The van der Waals surface area contributed by atoms with Gasteiger partial charge in [-0.1, -0.05) is 12.1 Å². The van der Waals surface area contributed by atoms with Crippen LogP contribution < -0.4 is 15.4 Å². The molecule has 0 aliphatic carbocycles. The van der Waals surface area contributed by atoms with Crippen LogP contribution in [0, 0.1) is 0 Å². The molecule has 0 aromatic heterocycles. The lowest BCUT2D eigenvalue weighted by molar-refractivity contribution is 0.0513. The van der Waals surface area contributed by atoms with Crippen molar-refractivity contribution in [2.45, 2.75) is 51.5 Å². The molecular formula is C20H33N3O2. The van der Waals surface area contributed by atoms with Gasteiger partial charge in [-0.3, -0.25) is 4.99 Å². The predicted molar refractivity (Wildman–Crippen MR) is 104 cm³/mol. The maximum atomic E-state index is 5.62. The molecule has 1 aliphatic heterocycles. The average Bonchev–Trinajstić information content (AvgIpc) is 2.59. The molecule has 5 heteroatoms. The lowest BCUT2D eigenvalue weighted by atomic mass is 9.74. The number of guanidine groups is 1. The minimum absolute atomic E-state index is 0.0240. The molecule has 0 bridgehead atoms. The van der Waals surface area contributed by atoms with E-state index in [2.05, 4.69) is 60.7 Å². The van der Waals surface area contributed by atoms with Crippen LogP contribution in [-0.4, -0.2) is 44.9 Å². The standard InChI is InChI=1S/C20H33N3O2/c1-6-25-17-9-7-16(8-10-17)20(11-13-24-14-12-20)15-22-18(21-5)23-19(2,3)4/h7-10H,6,11-15H2,1-5H3,(H2,21,22,23). The fourth-order valence-corrected chi connectivity index (χ4v) is 3.19. The Kier molecular flexibility index (Phi) is 6.71. The molecule has 2 N–H and O–H groups in total. The lowest BCUT2D eigenvalue weighted by Gasteiger charge is -2.39. The molecule has 0 spiro atoms. The van der Waals surface area contributed by atoms with Crippen molar-refractivity contribution in [1.82, 2.24) is 10.6 Å². The molecule has 140 valence electrons. The van der Waals surface area contributed by atoms with Crippen molar-refractivity contribution < 1.29 is 9.47 Å². The Bertz CT molecular complexity index is 555. The summed E-state index contributed by atoms with van der Waals surface area (Å²) in [4.78, 5) is 4.36. The van der Waals surface area contributed by atoms with E-state index in [1.165, 1.54) is 5.56 Å². The molecule has 2 rings (SSSR count). The van der Waals surface area contributed by atoms with Crippen LogP contribution >= 0.6 is 0 Å². The molecule has 1 aromatic rings. The summed E-state index contributed by atoms with van der Waals surface area (Å²) in [5, 5.41) is 6.95. The normalized spacial score (nSPS) is 17.9. The monoisotopic (exact) mass is 347 g/mol. The summed E-state index contributed by atoms with van der Waals surface area (Å²) < 4.78 is 11.2. The summed E-state index contributed by atoms with van der Waals surface area (Å²) >= 11 is 0. The van der Waals surface area contributed by atoms with Crippen molar-refractivity contribution >= 4 is 5.96 Å². The van der Waals surface area contributed by atoms with Crippen molar-refractivity contribution in [3.8, 4) is 5.75 Å². The van der Waals surface area contributed by atoms with Crippen molar-refractivity contribution in [3.05, 3.63) is 29.8 Å². The van der Waals surface area contributed by atoms with Gasteiger partial charge in [-0.25, -0.2) is 0 Å². The number of aliphatic imine (C=N–C) groups is 1. The third-order valence-electron chi connectivity index (χ3n) is 4.54. The van der Waals surface area contributed by atoms with E-state index < -0.39 is 0 Å². The Labute approximate surface area is 152 Å². The Morgan fingerprint density at radius 1 is 1.20 bits per heavy atom. The first-order valence-electron chi connectivity index (χ1n) is 9.18. The van der Waals surface area contributed by atoms with Gasteiger partial charge in [-0.05, 0) is 58.2 Å². The first kappa shape index (κ1) is 19.6. The van der Waals surface area contributed by atoms with E-state index >= 15 is 0 Å². The summed E-state index contributed by atoms with van der Waals surface area (Å²) in [5.74, 6) is 1.76. The first-order valence-corrected chi connectivity index (χ1v) is 9.18. The van der Waals surface area contributed by atoms with Gasteiger partial charge in [0.15, 0.2) is 5.96 Å². The lowest BCUT2D eigenvalue weighted by Crippen LogP contribution is -2.52. The van der Waals surface area contributed by atoms with Gasteiger partial charge in [0.2, 0.25) is 0 Å². The van der Waals surface area contributed by atoms with E-state index in [1.807, 2.05) is 14.0 Å². The largest absolute Gasteiger partial charge is 0.494 e. The maximum Gasteiger partial charge on any atom is 0.191 e. The molecule has 1 fully saturated rings. The zero-order chi connectivity index (χ0) is 18.3. The molecule has 0 unspecified atom stereocenters. The predicted octanol–water partition coefficient (Wildman–Crippen LogP) is 3.10. The second kappa shape index (κ2) is 8.56. The Hall–Kier alpha value is -1.75. The number of rotatable bonds is 5. The van der Waals surface area contributed by atoms with Crippen LogP contribution in [0.1, 0.15) is 46.1 Å². The van der Waals surface area contributed by atoms with Gasteiger partial charge in [0.1, 0.15) is 5.75 Å². The van der Waals surface area contributed by atoms with E-state index in [9.17, 15) is 0 Å². The Morgan fingerprint density at radius 2 is 1.84 bits per heavy atom. The SMILES string of the molecule is CCOc1ccc(C2(CNC(=NC)NC(C)(C)C)CCOCC2)cc1. The van der Waals surface area contributed by atoms with Crippen molar-refractivity contribution in [2.75, 3.05) is 33.4 Å². The van der Waals surface area contributed by atoms with Gasteiger partial charge >= 0.3 is 0 Å². The van der Waals surface area contributed by atoms with E-state index in [-0.39, 0.29) is 11.0 Å². The van der Waals surface area contributed by atoms with E-state index in [4.69, 9.17) is 9.47 Å². The fourth-order valence-electron chi connectivity index (χ4n) is 3.19. The summed E-state index contributed by atoms with van der Waals surface area (Å²) in [5.41, 5.74) is 1.36. The second-order valence-corrected chi connectivity index (χ2v) is 7.65. The fraction of sp³-hybridized carbons (Fsp3) is 0.650. The van der Waals surface area contributed by atoms with Crippen LogP contribution in [0.4, 0.5) is 0 Å². The number of hydrogen-bond acceptors (Lipinski definition) is 3. The van der Waals surface area contributed by atoms with Crippen LogP contribution in [0.25, 0.3) is 0 Å². The van der Waals surface area contributed by atoms with Gasteiger partial charge in [0.25, 0.3) is 0 Å². The minimum atomic E-state index is -0.0240. The number of nitrogens with one attached hydrogen (secondary N) is 2. The average molecular weight is 348 g/mol. The number of ether oxygens (including phenoxy) is 2. The topological polar surface area (TPSA) is 54.9 Å². The maximum absolute atomic E-state index is 5.62. The summed E-state index contributed by atoms with van der Waals surface area (Å²) in [6.07, 6.45) is 2.00. The second-order valence-electron chi connectivity index (χ2n) is 7.65. The summed E-state index contributed by atoms with van der Waals surface area (Å²) in [7, 11) is 1.81. The molecule has 1 saturated heterocycles. The van der Waals surface area contributed by atoms with Crippen molar-refractivity contribution in [3.63, 3.8) is 0 Å². The Morgan fingerprint density at radius 3 is 2.36 bits per heavy atom. The highest BCUT2D eigenvalue weighted by Crippen LogP contribution is 2.35. The first-order chi connectivity index (χ1) is 11.9. The van der Waals surface area contributed by atoms with Gasteiger partial charge in [-0.15, -0.1) is 0 Å². The quantitative estimate of drug-likeness (QED) is 0.635. The van der Waals surface area contributed by atoms with Crippen LogP contribution in [0.15, 0.2) is 29.3 Å².